The Morgan fingerprint density at radius 2 is 1.91 bits per heavy atom. The van der Waals surface area contributed by atoms with E-state index in [9.17, 15) is 9.59 Å². The van der Waals surface area contributed by atoms with Crippen LogP contribution in [0.4, 0.5) is 5.69 Å². The number of amides is 1. The Kier molecular flexibility index (Phi) is 5.60. The molecular weight excluding hydrogens is 422 g/mol. The summed E-state index contributed by atoms with van der Waals surface area (Å²) in [4.78, 5) is 33.0. The van der Waals surface area contributed by atoms with Gasteiger partial charge in [0.05, 0.1) is 11.1 Å². The monoisotopic (exact) mass is 447 g/mol. The zero-order valence-corrected chi connectivity index (χ0v) is 18.6. The van der Waals surface area contributed by atoms with Gasteiger partial charge in [0, 0.05) is 47.9 Å². The first-order valence-electron chi connectivity index (χ1n) is 11.0. The summed E-state index contributed by atoms with van der Waals surface area (Å²) in [5.41, 5.74) is 3.56. The second-order valence-corrected chi connectivity index (χ2v) is 8.31. The molecule has 0 fully saturated rings. The first kappa shape index (κ1) is 21.2. The third-order valence-corrected chi connectivity index (χ3v) is 5.90. The smallest absolute Gasteiger partial charge is 0.339 e. The molecule has 0 aliphatic carbocycles. The average molecular weight is 447 g/mol. The minimum atomic E-state index is -0.991. The van der Waals surface area contributed by atoms with Crippen molar-refractivity contribution in [1.29, 1.82) is 0 Å². The summed E-state index contributed by atoms with van der Waals surface area (Å²) in [7, 11) is 2.01. The number of nitrogens with zero attached hydrogens (tertiary/aromatic N) is 2. The number of carbonyl (C=O) groups is 2. The average Bonchev–Trinajstić information content (AvgIpc) is 2.82. The van der Waals surface area contributed by atoms with Gasteiger partial charge in [0.2, 0.25) is 0 Å². The van der Waals surface area contributed by atoms with Gasteiger partial charge in [-0.15, -0.1) is 0 Å². The van der Waals surface area contributed by atoms with E-state index in [-0.39, 0.29) is 0 Å². The van der Waals surface area contributed by atoms with Crippen LogP contribution in [0.2, 0.25) is 0 Å². The van der Waals surface area contributed by atoms with Crippen LogP contribution >= 0.6 is 0 Å². The minimum Gasteiger partial charge on any atom is -0.486 e. The molecule has 0 bridgehead atoms. The van der Waals surface area contributed by atoms with Crippen LogP contribution in [0.5, 0.6) is 11.5 Å². The lowest BCUT2D eigenvalue weighted by molar-refractivity contribution is -0.123. The summed E-state index contributed by atoms with van der Waals surface area (Å²) in [5.74, 6) is 0.259. The van der Waals surface area contributed by atoms with E-state index in [1.54, 1.807) is 25.1 Å². The number of rotatable bonds is 4. The van der Waals surface area contributed by atoms with Crippen molar-refractivity contribution in [2.45, 2.75) is 26.0 Å². The Morgan fingerprint density at radius 1 is 1.12 bits per heavy atom. The highest BCUT2D eigenvalue weighted by molar-refractivity contribution is 6.06. The van der Waals surface area contributed by atoms with Crippen molar-refractivity contribution >= 4 is 28.5 Å². The highest BCUT2D eigenvalue weighted by Gasteiger charge is 2.28. The summed E-state index contributed by atoms with van der Waals surface area (Å²) in [5, 5.41) is 3.52. The maximum Gasteiger partial charge on any atom is 0.339 e. The predicted molar refractivity (Wildman–Crippen MR) is 123 cm³/mol. The number of ether oxygens (including phenoxy) is 3. The largest absolute Gasteiger partial charge is 0.486 e. The fraction of sp³-hybridized carbons (Fsp3) is 0.320. The number of esters is 1. The predicted octanol–water partition coefficient (Wildman–Crippen LogP) is 3.18. The molecule has 0 saturated heterocycles. The molecule has 33 heavy (non-hydrogen) atoms. The van der Waals surface area contributed by atoms with Crippen molar-refractivity contribution in [3.8, 4) is 11.5 Å². The fourth-order valence-corrected chi connectivity index (χ4v) is 4.20. The number of fused-ring (bicyclic) bond motifs is 3. The van der Waals surface area contributed by atoms with Gasteiger partial charge in [-0.05, 0) is 32.2 Å². The minimum absolute atomic E-state index is 0.427. The van der Waals surface area contributed by atoms with Crippen molar-refractivity contribution in [2.24, 2.45) is 0 Å². The topological polar surface area (TPSA) is 90.0 Å². The third kappa shape index (κ3) is 4.21. The number of benzene rings is 2. The Hall–Kier alpha value is -3.65. The molecule has 0 spiro atoms. The van der Waals surface area contributed by atoms with E-state index >= 15 is 0 Å². The Morgan fingerprint density at radius 3 is 2.76 bits per heavy atom. The van der Waals surface area contributed by atoms with Crippen LogP contribution in [0.15, 0.2) is 42.5 Å². The summed E-state index contributed by atoms with van der Waals surface area (Å²) < 4.78 is 16.7. The van der Waals surface area contributed by atoms with Crippen LogP contribution in [0, 0.1) is 0 Å². The maximum atomic E-state index is 13.3. The number of likely N-dealkylation sites (N-methyl/N-ethyl adjacent to an activating group) is 1. The molecule has 170 valence electrons. The molecular formula is C25H25N3O5. The van der Waals surface area contributed by atoms with Crippen LogP contribution in [0.1, 0.15) is 28.5 Å². The van der Waals surface area contributed by atoms with Crippen LogP contribution in [0.3, 0.4) is 0 Å². The SMILES string of the molecule is CC(OC(=O)c1c2c(nc3ccccc13)CCN(C)C2)C(=O)Nc1ccc2c(c1)OCCO2. The quantitative estimate of drug-likeness (QED) is 0.615. The Balaban J connectivity index is 1.37. The maximum absolute atomic E-state index is 13.3. The van der Waals surface area contributed by atoms with Crippen molar-refractivity contribution in [2.75, 3.05) is 32.1 Å². The normalized spacial score (nSPS) is 16.1. The lowest BCUT2D eigenvalue weighted by atomic mass is 9.96. The van der Waals surface area contributed by atoms with Gasteiger partial charge in [-0.1, -0.05) is 18.2 Å². The molecule has 2 aromatic carbocycles. The highest BCUT2D eigenvalue weighted by atomic mass is 16.6. The van der Waals surface area contributed by atoms with Gasteiger partial charge >= 0.3 is 5.97 Å². The number of hydrogen-bond donors (Lipinski definition) is 1. The summed E-state index contributed by atoms with van der Waals surface area (Å²) in [6, 6.07) is 12.7. The van der Waals surface area contributed by atoms with E-state index < -0.39 is 18.0 Å². The van der Waals surface area contributed by atoms with Crippen molar-refractivity contribution in [3.63, 3.8) is 0 Å². The second kappa shape index (κ2) is 8.71. The molecule has 0 saturated carbocycles. The van der Waals surface area contributed by atoms with Gasteiger partial charge in [0.1, 0.15) is 13.2 Å². The second-order valence-electron chi connectivity index (χ2n) is 8.31. The van der Waals surface area contributed by atoms with Crippen LogP contribution in [0.25, 0.3) is 10.9 Å². The molecule has 1 N–H and O–H groups in total. The van der Waals surface area contributed by atoms with E-state index in [2.05, 4.69) is 10.2 Å². The first-order chi connectivity index (χ1) is 16.0. The molecule has 1 atom stereocenters. The number of pyridine rings is 1. The molecule has 1 aromatic heterocycles. The van der Waals surface area contributed by atoms with E-state index in [0.717, 1.165) is 35.1 Å². The lowest BCUT2D eigenvalue weighted by Crippen LogP contribution is -2.32. The van der Waals surface area contributed by atoms with E-state index in [4.69, 9.17) is 19.2 Å². The Labute approximate surface area is 191 Å². The van der Waals surface area contributed by atoms with Gasteiger partial charge < -0.3 is 24.4 Å². The van der Waals surface area contributed by atoms with Crippen molar-refractivity contribution in [1.82, 2.24) is 9.88 Å². The molecule has 1 amide bonds. The third-order valence-electron chi connectivity index (χ3n) is 5.90. The lowest BCUT2D eigenvalue weighted by Gasteiger charge is -2.27. The number of aromatic nitrogens is 1. The van der Waals surface area contributed by atoms with E-state index in [1.807, 2.05) is 31.3 Å². The van der Waals surface area contributed by atoms with Crippen LogP contribution < -0.4 is 14.8 Å². The first-order valence-corrected chi connectivity index (χ1v) is 11.0. The standard InChI is InChI=1S/C25H25N3O5/c1-15(24(29)26-16-7-8-21-22(13-16)32-12-11-31-21)33-25(30)23-17-5-3-4-6-19(17)27-20-9-10-28(2)14-18(20)23/h3-8,13,15H,9-12,14H2,1-2H3,(H,26,29). The highest BCUT2D eigenvalue weighted by Crippen LogP contribution is 2.33. The van der Waals surface area contributed by atoms with Gasteiger partial charge in [0.25, 0.3) is 5.91 Å². The van der Waals surface area contributed by atoms with Gasteiger partial charge in [-0.2, -0.15) is 0 Å². The molecule has 1 unspecified atom stereocenters. The number of hydrogen-bond acceptors (Lipinski definition) is 7. The fourth-order valence-electron chi connectivity index (χ4n) is 4.20. The zero-order valence-electron chi connectivity index (χ0n) is 18.6. The summed E-state index contributed by atoms with van der Waals surface area (Å²) >= 11 is 0. The van der Waals surface area contributed by atoms with Crippen LogP contribution in [-0.4, -0.2) is 54.7 Å². The molecule has 3 heterocycles. The molecule has 2 aliphatic rings. The van der Waals surface area contributed by atoms with Crippen LogP contribution in [-0.2, 0) is 22.5 Å². The number of anilines is 1. The summed E-state index contributed by atoms with van der Waals surface area (Å²) in [6.45, 7) is 4.00. The molecule has 2 aliphatic heterocycles. The Bertz CT molecular complexity index is 1240. The van der Waals surface area contributed by atoms with E-state index in [1.165, 1.54) is 0 Å². The summed E-state index contributed by atoms with van der Waals surface area (Å²) in [6.07, 6.45) is -0.230. The van der Waals surface area contributed by atoms with Crippen molar-refractivity contribution < 1.29 is 23.8 Å². The van der Waals surface area contributed by atoms with Crippen molar-refractivity contribution in [3.05, 3.63) is 59.3 Å². The number of carbonyl (C=O) groups excluding carboxylic acids is 2. The number of nitrogens with one attached hydrogen (secondary N) is 1. The molecule has 0 radical (unpaired) electrons. The zero-order chi connectivity index (χ0) is 22.9. The molecule has 8 heteroatoms. The number of para-hydroxylation sites is 1. The van der Waals surface area contributed by atoms with Gasteiger partial charge in [-0.3, -0.25) is 9.78 Å². The molecule has 3 aromatic rings. The molecule has 8 nitrogen and oxygen atoms in total. The van der Waals surface area contributed by atoms with Gasteiger partial charge in [0.15, 0.2) is 17.6 Å². The van der Waals surface area contributed by atoms with E-state index in [0.29, 0.717) is 42.5 Å². The molecule has 5 rings (SSSR count). The van der Waals surface area contributed by atoms with Gasteiger partial charge in [-0.25, -0.2) is 4.79 Å².